The second kappa shape index (κ2) is 4.70. The molecular weight excluding hydrogens is 240 g/mol. The summed E-state index contributed by atoms with van der Waals surface area (Å²) in [5.74, 6) is -0.219. The van der Waals surface area contributed by atoms with Crippen molar-refractivity contribution in [2.24, 2.45) is 0 Å². The maximum absolute atomic E-state index is 11.0. The number of benzene rings is 1. The molecule has 0 spiro atoms. The highest BCUT2D eigenvalue weighted by Gasteiger charge is 2.11. The molecule has 0 bridgehead atoms. The number of fused-ring (bicyclic) bond motifs is 1. The molecule has 2 N–H and O–H groups in total. The maximum atomic E-state index is 11.0. The van der Waals surface area contributed by atoms with Crippen molar-refractivity contribution < 1.29 is 14.1 Å². The van der Waals surface area contributed by atoms with Crippen LogP contribution in [0.2, 0.25) is 0 Å². The van der Waals surface area contributed by atoms with Crippen LogP contribution < -0.4 is 10.6 Å². The van der Waals surface area contributed by atoms with Gasteiger partial charge in [0.25, 0.3) is 11.7 Å². The second-order valence-electron chi connectivity index (χ2n) is 3.45. The SMILES string of the molecule is CNC(=O)CNc1nc2ccc([N+](=O)[O-])cc2o1. The summed E-state index contributed by atoms with van der Waals surface area (Å²) < 4.78 is 5.25. The highest BCUT2D eigenvalue weighted by molar-refractivity contribution is 5.81. The van der Waals surface area contributed by atoms with Crippen LogP contribution in [0.5, 0.6) is 0 Å². The molecule has 1 heterocycles. The van der Waals surface area contributed by atoms with E-state index in [0.29, 0.717) is 11.1 Å². The van der Waals surface area contributed by atoms with Crippen molar-refractivity contribution in [2.75, 3.05) is 18.9 Å². The summed E-state index contributed by atoms with van der Waals surface area (Å²) in [6, 6.07) is 4.26. The zero-order valence-electron chi connectivity index (χ0n) is 9.47. The van der Waals surface area contributed by atoms with E-state index in [-0.39, 0.29) is 24.2 Å². The van der Waals surface area contributed by atoms with E-state index in [1.165, 1.54) is 25.2 Å². The van der Waals surface area contributed by atoms with Gasteiger partial charge < -0.3 is 15.1 Å². The molecule has 0 unspecified atom stereocenters. The van der Waals surface area contributed by atoms with Crippen molar-refractivity contribution in [3.05, 3.63) is 28.3 Å². The third-order valence-corrected chi connectivity index (χ3v) is 2.26. The molecule has 18 heavy (non-hydrogen) atoms. The largest absolute Gasteiger partial charge is 0.423 e. The Balaban J connectivity index is 2.22. The molecule has 8 heteroatoms. The molecule has 0 aliphatic rings. The van der Waals surface area contributed by atoms with E-state index < -0.39 is 4.92 Å². The maximum Gasteiger partial charge on any atom is 0.296 e. The van der Waals surface area contributed by atoms with E-state index in [2.05, 4.69) is 15.6 Å². The molecule has 1 aromatic carbocycles. The number of nitro benzene ring substituents is 1. The van der Waals surface area contributed by atoms with Crippen LogP contribution in [0.25, 0.3) is 11.1 Å². The lowest BCUT2D eigenvalue weighted by Gasteiger charge is -1.98. The first-order valence-corrected chi connectivity index (χ1v) is 5.09. The van der Waals surface area contributed by atoms with Crippen molar-refractivity contribution in [3.8, 4) is 0 Å². The van der Waals surface area contributed by atoms with Crippen molar-refractivity contribution in [1.82, 2.24) is 10.3 Å². The van der Waals surface area contributed by atoms with Gasteiger partial charge in [0, 0.05) is 13.1 Å². The number of aromatic nitrogens is 1. The summed E-state index contributed by atoms with van der Waals surface area (Å²) >= 11 is 0. The van der Waals surface area contributed by atoms with Crippen LogP contribution in [0.15, 0.2) is 22.6 Å². The second-order valence-corrected chi connectivity index (χ2v) is 3.45. The van der Waals surface area contributed by atoms with E-state index >= 15 is 0 Å². The summed E-state index contributed by atoms with van der Waals surface area (Å²) in [7, 11) is 1.51. The highest BCUT2D eigenvalue weighted by Crippen LogP contribution is 2.23. The van der Waals surface area contributed by atoms with Gasteiger partial charge in [-0.2, -0.15) is 4.98 Å². The van der Waals surface area contributed by atoms with E-state index in [0.717, 1.165) is 0 Å². The number of rotatable bonds is 4. The lowest BCUT2D eigenvalue weighted by molar-refractivity contribution is -0.384. The number of amides is 1. The van der Waals surface area contributed by atoms with Crippen molar-refractivity contribution in [3.63, 3.8) is 0 Å². The number of carbonyl (C=O) groups excluding carboxylic acids is 1. The number of non-ortho nitro benzene ring substituents is 1. The number of nitrogens with zero attached hydrogens (tertiary/aromatic N) is 2. The minimum Gasteiger partial charge on any atom is -0.423 e. The fraction of sp³-hybridized carbons (Fsp3) is 0.200. The predicted molar refractivity (Wildman–Crippen MR) is 63.2 cm³/mol. The van der Waals surface area contributed by atoms with Gasteiger partial charge in [0.05, 0.1) is 17.5 Å². The van der Waals surface area contributed by atoms with Crippen molar-refractivity contribution >= 4 is 28.7 Å². The average molecular weight is 250 g/mol. The number of anilines is 1. The van der Waals surface area contributed by atoms with Gasteiger partial charge in [0.1, 0.15) is 5.52 Å². The minimum absolute atomic E-state index is 0.0193. The van der Waals surface area contributed by atoms with Crippen LogP contribution in [0.1, 0.15) is 0 Å². The zero-order valence-corrected chi connectivity index (χ0v) is 9.47. The molecule has 0 fully saturated rings. The minimum atomic E-state index is -0.514. The van der Waals surface area contributed by atoms with Crippen LogP contribution >= 0.6 is 0 Å². The summed E-state index contributed by atoms with van der Waals surface area (Å²) in [4.78, 5) is 25.1. The smallest absolute Gasteiger partial charge is 0.296 e. The number of oxazole rings is 1. The summed E-state index contributed by atoms with van der Waals surface area (Å²) in [6.45, 7) is 0.0193. The molecule has 0 radical (unpaired) electrons. The first-order valence-electron chi connectivity index (χ1n) is 5.09. The van der Waals surface area contributed by atoms with Crippen LogP contribution in [-0.4, -0.2) is 29.4 Å². The Kier molecular flexibility index (Phi) is 3.09. The van der Waals surface area contributed by atoms with Gasteiger partial charge in [-0.3, -0.25) is 14.9 Å². The molecule has 0 atom stereocenters. The first-order chi connectivity index (χ1) is 8.60. The molecule has 8 nitrogen and oxygen atoms in total. The Morgan fingerprint density at radius 3 is 3.00 bits per heavy atom. The van der Waals surface area contributed by atoms with Gasteiger partial charge in [-0.25, -0.2) is 0 Å². The quantitative estimate of drug-likeness (QED) is 0.616. The molecule has 1 aromatic heterocycles. The van der Waals surface area contributed by atoms with Gasteiger partial charge in [-0.15, -0.1) is 0 Å². The monoisotopic (exact) mass is 250 g/mol. The zero-order chi connectivity index (χ0) is 13.1. The normalized spacial score (nSPS) is 10.3. The number of nitro groups is 1. The van der Waals surface area contributed by atoms with E-state index in [4.69, 9.17) is 4.42 Å². The van der Waals surface area contributed by atoms with Crippen molar-refractivity contribution in [1.29, 1.82) is 0 Å². The molecule has 0 aliphatic carbocycles. The van der Waals surface area contributed by atoms with Crippen LogP contribution in [0, 0.1) is 10.1 Å². The fourth-order valence-corrected chi connectivity index (χ4v) is 1.35. The van der Waals surface area contributed by atoms with Gasteiger partial charge in [-0.1, -0.05) is 0 Å². The van der Waals surface area contributed by atoms with E-state index in [9.17, 15) is 14.9 Å². The Morgan fingerprint density at radius 1 is 1.56 bits per heavy atom. The van der Waals surface area contributed by atoms with Crippen LogP contribution in [-0.2, 0) is 4.79 Å². The average Bonchev–Trinajstić information content (AvgIpc) is 2.77. The molecule has 1 amide bonds. The number of carbonyl (C=O) groups is 1. The van der Waals surface area contributed by atoms with Gasteiger partial charge in [0.2, 0.25) is 5.91 Å². The number of nitrogens with one attached hydrogen (secondary N) is 2. The lowest BCUT2D eigenvalue weighted by Crippen LogP contribution is -2.26. The standard InChI is InChI=1S/C10H10N4O4/c1-11-9(15)5-12-10-13-7-3-2-6(14(16)17)4-8(7)18-10/h2-4H,5H2,1H3,(H,11,15)(H,12,13). The fourth-order valence-electron chi connectivity index (χ4n) is 1.35. The summed E-state index contributed by atoms with van der Waals surface area (Å²) in [5.41, 5.74) is 0.708. The van der Waals surface area contributed by atoms with Crippen LogP contribution in [0.4, 0.5) is 11.7 Å². The number of likely N-dealkylation sites (N-methyl/N-ethyl adjacent to an activating group) is 1. The Bertz CT molecular complexity index is 607. The Morgan fingerprint density at radius 2 is 2.33 bits per heavy atom. The molecule has 0 saturated carbocycles. The summed E-state index contributed by atoms with van der Waals surface area (Å²) in [6.07, 6.45) is 0. The third kappa shape index (κ3) is 2.37. The van der Waals surface area contributed by atoms with Gasteiger partial charge in [-0.05, 0) is 6.07 Å². The molecule has 94 valence electrons. The van der Waals surface area contributed by atoms with Crippen molar-refractivity contribution in [2.45, 2.75) is 0 Å². The van der Waals surface area contributed by atoms with Gasteiger partial charge in [0.15, 0.2) is 5.58 Å². The number of hydrogen-bond donors (Lipinski definition) is 2. The molecule has 0 saturated heterocycles. The third-order valence-electron chi connectivity index (χ3n) is 2.26. The lowest BCUT2D eigenvalue weighted by atomic mass is 10.3. The highest BCUT2D eigenvalue weighted by atomic mass is 16.6. The first kappa shape index (κ1) is 11.8. The van der Waals surface area contributed by atoms with Gasteiger partial charge >= 0.3 is 0 Å². The van der Waals surface area contributed by atoms with E-state index in [1.54, 1.807) is 0 Å². The predicted octanol–water partition coefficient (Wildman–Crippen LogP) is 0.894. The molecule has 0 aliphatic heterocycles. The summed E-state index contributed by atoms with van der Waals surface area (Å²) in [5, 5.41) is 15.7. The Hall–Kier alpha value is -2.64. The number of hydrogen-bond acceptors (Lipinski definition) is 6. The Labute approximate surface area is 101 Å². The topological polar surface area (TPSA) is 110 Å². The molecule has 2 rings (SSSR count). The molecule has 2 aromatic rings. The van der Waals surface area contributed by atoms with Crippen LogP contribution in [0.3, 0.4) is 0 Å². The molecular formula is C10H10N4O4. The van der Waals surface area contributed by atoms with E-state index in [1.807, 2.05) is 0 Å².